The van der Waals surface area contributed by atoms with Crippen LogP contribution in [0.25, 0.3) is 11.0 Å². The van der Waals surface area contributed by atoms with E-state index in [1.165, 1.54) is 47.3 Å². The first-order valence-corrected chi connectivity index (χ1v) is 21.4. The molecule has 2 aliphatic heterocycles. The number of hydrogen-bond acceptors (Lipinski definition) is 13. The number of allylic oxidation sites excluding steroid dienone is 1. The lowest BCUT2D eigenvalue weighted by Gasteiger charge is -2.37. The van der Waals surface area contributed by atoms with Crippen molar-refractivity contribution >= 4 is 57.0 Å². The Kier molecular flexibility index (Phi) is 18.2. The number of benzene rings is 2. The highest BCUT2D eigenvalue weighted by Gasteiger charge is 2.47. The number of rotatable bonds is 13. The first kappa shape index (κ1) is 49.9. The lowest BCUT2D eigenvalue weighted by Crippen LogP contribution is -2.49. The van der Waals surface area contributed by atoms with Gasteiger partial charge in [-0.25, -0.2) is 4.98 Å². The van der Waals surface area contributed by atoms with Crippen LogP contribution in [0.5, 0.6) is 0 Å². The van der Waals surface area contributed by atoms with E-state index >= 15 is 0 Å². The summed E-state index contributed by atoms with van der Waals surface area (Å²) >= 11 is 0. The number of para-hydroxylation sites is 1. The number of halogens is 3. The van der Waals surface area contributed by atoms with Gasteiger partial charge in [-0.2, -0.15) is 18.2 Å². The molecular weight excluding hydrogens is 818 g/mol. The Bertz CT molecular complexity index is 2220. The van der Waals surface area contributed by atoms with Gasteiger partial charge < -0.3 is 36.0 Å². The predicted octanol–water partition coefficient (Wildman–Crippen LogP) is 6.75. The zero-order chi connectivity index (χ0) is 46.4. The molecule has 1 fully saturated rings. The second-order valence-electron chi connectivity index (χ2n) is 15.7. The molecule has 1 amide bonds. The molecule has 0 spiro atoms. The summed E-state index contributed by atoms with van der Waals surface area (Å²) in [6.45, 7) is 17.0. The average Bonchev–Trinajstić information content (AvgIpc) is 3.26. The highest BCUT2D eigenvalue weighted by molar-refractivity contribution is 6.04. The standard InChI is InChI=1S/C29H28F3N9O4.C12H27N3.C3H8/c1-36-10-12-38(13-11-36)20-8-6-19(7-9-20)34-28-33-17-18-16-23(26(42)37(2)25(18)35-28)39-14-15-40(27(43)29(30,31)32)24-21(39)4-3-5-22(24)41(44)45;1-5-12(8-7-11(3)13)14-9-10-15(4)6-2;1-3-2/h3-9,16-17H,10-15H2,1-2H3,(H,33,34,35);7,12,14H,5-6,8-10,13H2,1-4H3;3H2,1-2H3/b;11-7+;. The molecule has 0 bridgehead atoms. The van der Waals surface area contributed by atoms with E-state index in [-0.39, 0.29) is 23.9 Å². The third-order valence-corrected chi connectivity index (χ3v) is 10.7. The van der Waals surface area contributed by atoms with Crippen LogP contribution < -0.4 is 36.6 Å². The molecule has 2 aromatic carbocycles. The molecule has 344 valence electrons. The van der Waals surface area contributed by atoms with Gasteiger partial charge in [0.1, 0.15) is 17.0 Å². The Morgan fingerprint density at radius 1 is 1.02 bits per heavy atom. The van der Waals surface area contributed by atoms with Crippen molar-refractivity contribution in [1.29, 1.82) is 0 Å². The molecule has 19 heteroatoms. The molecule has 0 radical (unpaired) electrons. The highest BCUT2D eigenvalue weighted by Crippen LogP contribution is 2.44. The van der Waals surface area contributed by atoms with Gasteiger partial charge in [0.2, 0.25) is 5.95 Å². The van der Waals surface area contributed by atoms with Crippen molar-refractivity contribution in [2.45, 2.75) is 66.1 Å². The van der Waals surface area contributed by atoms with Crippen LogP contribution in [-0.2, 0) is 11.8 Å². The largest absolute Gasteiger partial charge is 0.471 e. The maximum absolute atomic E-state index is 13.6. The first-order chi connectivity index (χ1) is 29.9. The van der Waals surface area contributed by atoms with Gasteiger partial charge >= 0.3 is 12.1 Å². The van der Waals surface area contributed by atoms with E-state index in [1.807, 2.05) is 31.2 Å². The van der Waals surface area contributed by atoms with Crippen molar-refractivity contribution < 1.29 is 22.9 Å². The number of pyridine rings is 1. The number of anilines is 6. The minimum Gasteiger partial charge on any atom is -0.403 e. The van der Waals surface area contributed by atoms with E-state index in [2.05, 4.69) is 83.2 Å². The molecule has 0 aliphatic carbocycles. The number of aromatic nitrogens is 3. The van der Waals surface area contributed by atoms with Crippen LogP contribution in [0.2, 0.25) is 0 Å². The van der Waals surface area contributed by atoms with Gasteiger partial charge in [0.25, 0.3) is 11.2 Å². The summed E-state index contributed by atoms with van der Waals surface area (Å²) < 4.78 is 41.5. The third kappa shape index (κ3) is 13.4. The fourth-order valence-corrected chi connectivity index (χ4v) is 6.97. The summed E-state index contributed by atoms with van der Waals surface area (Å²) in [5.41, 5.74) is 6.87. The molecule has 4 N–H and O–H groups in total. The number of nitrogens with two attached hydrogens (primary N) is 1. The summed E-state index contributed by atoms with van der Waals surface area (Å²) in [4.78, 5) is 54.3. The normalized spacial score (nSPS) is 15.0. The van der Waals surface area contributed by atoms with Gasteiger partial charge in [0.15, 0.2) is 0 Å². The number of aryl methyl sites for hydroxylation is 1. The zero-order valence-electron chi connectivity index (χ0n) is 37.7. The molecule has 16 nitrogen and oxygen atoms in total. The molecule has 63 heavy (non-hydrogen) atoms. The Labute approximate surface area is 367 Å². The van der Waals surface area contributed by atoms with Crippen molar-refractivity contribution in [2.24, 2.45) is 12.8 Å². The van der Waals surface area contributed by atoms with Gasteiger partial charge in [0.05, 0.1) is 10.6 Å². The Hall–Kier alpha value is -5.79. The van der Waals surface area contributed by atoms with Crippen LogP contribution in [0.15, 0.2) is 71.3 Å². The Morgan fingerprint density at radius 3 is 2.27 bits per heavy atom. The number of nitro groups is 1. The van der Waals surface area contributed by atoms with Crippen LogP contribution >= 0.6 is 0 Å². The number of carbonyl (C=O) groups is 1. The number of nitro benzene ring substituents is 1. The van der Waals surface area contributed by atoms with E-state index in [9.17, 15) is 32.9 Å². The van der Waals surface area contributed by atoms with Crippen LogP contribution in [0, 0.1) is 10.1 Å². The maximum atomic E-state index is 13.6. The molecule has 1 atom stereocenters. The summed E-state index contributed by atoms with van der Waals surface area (Å²) in [6, 6.07) is 13.5. The molecule has 2 aliphatic rings. The minimum atomic E-state index is -5.25. The topological polar surface area (TPSA) is 174 Å². The quantitative estimate of drug-likeness (QED) is 0.0951. The first-order valence-electron chi connectivity index (χ1n) is 21.4. The number of hydrogen-bond donors (Lipinski definition) is 3. The number of nitrogens with zero attached hydrogens (tertiary/aromatic N) is 9. The van der Waals surface area contributed by atoms with Crippen molar-refractivity contribution in [1.82, 2.24) is 29.7 Å². The summed E-state index contributed by atoms with van der Waals surface area (Å²) in [7, 11) is 5.74. The van der Waals surface area contributed by atoms with E-state index in [1.54, 1.807) is 0 Å². The smallest absolute Gasteiger partial charge is 0.403 e. The predicted molar refractivity (Wildman–Crippen MR) is 247 cm³/mol. The van der Waals surface area contributed by atoms with Gasteiger partial charge in [-0.1, -0.05) is 46.3 Å². The molecular formula is C44H63F3N12O4. The average molecular weight is 881 g/mol. The number of fused-ring (bicyclic) bond motifs is 2. The molecule has 4 heterocycles. The second kappa shape index (κ2) is 23.1. The van der Waals surface area contributed by atoms with E-state index in [0.717, 1.165) is 81.8 Å². The Balaban J connectivity index is 0.000000410. The van der Waals surface area contributed by atoms with Gasteiger partial charge in [0, 0.05) is 100 Å². The summed E-state index contributed by atoms with van der Waals surface area (Å²) in [5, 5.41) is 18.9. The second-order valence-corrected chi connectivity index (χ2v) is 15.7. The molecule has 1 unspecified atom stereocenters. The number of amides is 1. The van der Waals surface area contributed by atoms with Crippen LogP contribution in [-0.4, -0.2) is 120 Å². The molecule has 4 aromatic rings. The SMILES string of the molecule is CCC.CCC(C/C=C(\C)N)NCCN(C)CC.CN1CCN(c2ccc(Nc3ncc4cc(N5CCN(C(=O)C(F)(F)F)c6c5cccc6[N+](=O)[O-])c(=O)n(C)c4n3)cc2)CC1. The fourth-order valence-electron chi connectivity index (χ4n) is 6.97. The summed E-state index contributed by atoms with van der Waals surface area (Å²) in [6.07, 6.45) is 1.79. The highest BCUT2D eigenvalue weighted by atomic mass is 19.4. The molecule has 0 saturated carbocycles. The van der Waals surface area contributed by atoms with Gasteiger partial charge in [-0.15, -0.1) is 0 Å². The fraction of sp³-hybridized carbons (Fsp3) is 0.500. The van der Waals surface area contributed by atoms with E-state index < -0.39 is 40.5 Å². The Morgan fingerprint density at radius 2 is 1.68 bits per heavy atom. The van der Waals surface area contributed by atoms with Crippen molar-refractivity contribution in [3.63, 3.8) is 0 Å². The lowest BCUT2D eigenvalue weighted by molar-refractivity contribution is -0.384. The molecule has 6 rings (SSSR count). The minimum absolute atomic E-state index is 0.0367. The van der Waals surface area contributed by atoms with Crippen LogP contribution in [0.3, 0.4) is 0 Å². The molecule has 2 aromatic heterocycles. The number of nitrogens with one attached hydrogen (secondary N) is 2. The van der Waals surface area contributed by atoms with Gasteiger partial charge in [-0.05, 0) is 76.8 Å². The van der Waals surface area contributed by atoms with Crippen LogP contribution in [0.1, 0.15) is 53.9 Å². The van der Waals surface area contributed by atoms with Gasteiger partial charge in [-0.3, -0.25) is 29.2 Å². The lowest BCUT2D eigenvalue weighted by atomic mass is 10.1. The van der Waals surface area contributed by atoms with Crippen molar-refractivity contribution in [3.8, 4) is 0 Å². The van der Waals surface area contributed by atoms with Crippen LogP contribution in [0.4, 0.5) is 53.2 Å². The van der Waals surface area contributed by atoms with Crippen molar-refractivity contribution in [2.75, 3.05) is 93.0 Å². The number of likely N-dealkylation sites (N-methyl/N-ethyl adjacent to an activating group) is 2. The summed E-state index contributed by atoms with van der Waals surface area (Å²) in [5.74, 6) is -1.98. The molecule has 1 saturated heterocycles. The third-order valence-electron chi connectivity index (χ3n) is 10.7. The van der Waals surface area contributed by atoms with Crippen molar-refractivity contribution in [3.05, 3.63) is 87.0 Å². The zero-order valence-corrected chi connectivity index (χ0v) is 37.7. The van der Waals surface area contributed by atoms with E-state index in [0.29, 0.717) is 22.0 Å². The monoisotopic (exact) mass is 881 g/mol. The van der Waals surface area contributed by atoms with E-state index in [4.69, 9.17) is 5.73 Å². The maximum Gasteiger partial charge on any atom is 0.471 e. The number of alkyl halides is 3. The number of carbonyl (C=O) groups excluding carboxylic acids is 1. The number of piperazine rings is 1.